The van der Waals surface area contributed by atoms with Gasteiger partial charge in [-0.2, -0.15) is 0 Å². The zero-order chi connectivity index (χ0) is 19.7. The number of anilines is 1. The zero-order valence-corrected chi connectivity index (χ0v) is 18.0. The van der Waals surface area contributed by atoms with E-state index in [4.69, 9.17) is 0 Å². The molecule has 3 rings (SSSR count). The highest BCUT2D eigenvalue weighted by Gasteiger charge is 2.30. The zero-order valence-electron chi connectivity index (χ0n) is 16.4. The minimum atomic E-state index is -0.239. The van der Waals surface area contributed by atoms with E-state index in [0.29, 0.717) is 18.2 Å². The molecule has 0 bridgehead atoms. The van der Waals surface area contributed by atoms with Gasteiger partial charge in [0, 0.05) is 40.6 Å². The van der Waals surface area contributed by atoms with E-state index < -0.39 is 0 Å². The number of hydrogen-bond donors (Lipinski definition) is 2. The van der Waals surface area contributed by atoms with Crippen LogP contribution in [-0.4, -0.2) is 30.9 Å². The Kier molecular flexibility index (Phi) is 5.94. The first kappa shape index (κ1) is 19.9. The minimum Gasteiger partial charge on any atom is -0.368 e. The molecule has 2 N–H and O–H groups in total. The standard InChI is InChI=1S/C21H28BrN3O2/c1-5-15-8-13(4)18(21(27)24-15)11-23-20(26)17-9-14(22)10-19-16(17)6-7-25(19)12(2)3/h8-10,12-13,18H,5-7,11H2,1-4H3,(H,23,26)(H,24,27). The molecule has 5 nitrogen and oxygen atoms in total. The Morgan fingerprint density at radius 3 is 2.78 bits per heavy atom. The normalized spacial score (nSPS) is 21.8. The highest BCUT2D eigenvalue weighted by molar-refractivity contribution is 9.10. The highest BCUT2D eigenvalue weighted by Crippen LogP contribution is 2.35. The molecule has 0 radical (unpaired) electrons. The van der Waals surface area contributed by atoms with Crippen LogP contribution in [0.4, 0.5) is 5.69 Å². The lowest BCUT2D eigenvalue weighted by atomic mass is 9.88. The fourth-order valence-corrected chi connectivity index (χ4v) is 4.43. The molecule has 0 saturated carbocycles. The maximum Gasteiger partial charge on any atom is 0.251 e. The van der Waals surface area contributed by atoms with E-state index in [9.17, 15) is 9.59 Å². The van der Waals surface area contributed by atoms with Crippen molar-refractivity contribution in [1.29, 1.82) is 0 Å². The quantitative estimate of drug-likeness (QED) is 0.744. The maximum atomic E-state index is 12.9. The number of nitrogens with one attached hydrogen (secondary N) is 2. The van der Waals surface area contributed by atoms with Crippen molar-refractivity contribution in [3.8, 4) is 0 Å². The Morgan fingerprint density at radius 1 is 1.41 bits per heavy atom. The van der Waals surface area contributed by atoms with Gasteiger partial charge in [0.25, 0.3) is 5.91 Å². The molecule has 2 atom stereocenters. The van der Waals surface area contributed by atoms with Crippen LogP contribution in [0.15, 0.2) is 28.4 Å². The highest BCUT2D eigenvalue weighted by atomic mass is 79.9. The van der Waals surface area contributed by atoms with Crippen molar-refractivity contribution in [2.24, 2.45) is 11.8 Å². The van der Waals surface area contributed by atoms with Gasteiger partial charge >= 0.3 is 0 Å². The average molecular weight is 434 g/mol. The third kappa shape index (κ3) is 4.05. The molecule has 1 aromatic rings. The number of fused-ring (bicyclic) bond motifs is 1. The number of carbonyl (C=O) groups is 2. The molecule has 2 aliphatic rings. The number of carbonyl (C=O) groups excluding carboxylic acids is 2. The van der Waals surface area contributed by atoms with E-state index in [1.807, 2.05) is 19.9 Å². The summed E-state index contributed by atoms with van der Waals surface area (Å²) in [6.07, 6.45) is 3.77. The summed E-state index contributed by atoms with van der Waals surface area (Å²) in [5, 5.41) is 5.93. The smallest absolute Gasteiger partial charge is 0.251 e. The number of rotatable bonds is 5. The molecule has 2 amide bonds. The molecule has 27 heavy (non-hydrogen) atoms. The lowest BCUT2D eigenvalue weighted by Crippen LogP contribution is -2.44. The van der Waals surface area contributed by atoms with Crippen LogP contribution in [0.1, 0.15) is 50.0 Å². The molecule has 0 fully saturated rings. The van der Waals surface area contributed by atoms with Gasteiger partial charge in [0.05, 0.1) is 5.92 Å². The van der Waals surface area contributed by atoms with E-state index in [0.717, 1.165) is 40.8 Å². The van der Waals surface area contributed by atoms with E-state index in [-0.39, 0.29) is 23.7 Å². The molecule has 2 heterocycles. The number of hydrogen-bond acceptors (Lipinski definition) is 3. The maximum absolute atomic E-state index is 12.9. The molecule has 0 saturated heterocycles. The number of allylic oxidation sites excluding steroid dienone is 2. The Bertz CT molecular complexity index is 788. The Balaban J connectivity index is 1.75. The second-order valence-corrected chi connectivity index (χ2v) is 8.61. The molecule has 6 heteroatoms. The summed E-state index contributed by atoms with van der Waals surface area (Å²) < 4.78 is 0.901. The second kappa shape index (κ2) is 8.05. The van der Waals surface area contributed by atoms with Crippen molar-refractivity contribution in [3.05, 3.63) is 39.5 Å². The minimum absolute atomic E-state index is 0.00685. The largest absolute Gasteiger partial charge is 0.368 e. The number of amides is 2. The van der Waals surface area contributed by atoms with Crippen LogP contribution in [0.2, 0.25) is 0 Å². The van der Waals surface area contributed by atoms with Gasteiger partial charge in [-0.15, -0.1) is 0 Å². The number of benzene rings is 1. The summed E-state index contributed by atoms with van der Waals surface area (Å²) in [4.78, 5) is 27.6. The molecule has 2 aliphatic heterocycles. The molecule has 146 valence electrons. The first-order valence-corrected chi connectivity index (χ1v) is 10.5. The molecule has 0 aliphatic carbocycles. The predicted molar refractivity (Wildman–Crippen MR) is 112 cm³/mol. The topological polar surface area (TPSA) is 61.4 Å². The molecule has 0 aromatic heterocycles. The summed E-state index contributed by atoms with van der Waals surface area (Å²) in [5.41, 5.74) is 3.90. The fraction of sp³-hybridized carbons (Fsp3) is 0.524. The molecule has 0 spiro atoms. The third-order valence-electron chi connectivity index (χ3n) is 5.55. The van der Waals surface area contributed by atoms with Gasteiger partial charge in [-0.1, -0.05) is 35.9 Å². The van der Waals surface area contributed by atoms with Crippen molar-refractivity contribution >= 4 is 33.4 Å². The molecular formula is C21H28BrN3O2. The summed E-state index contributed by atoms with van der Waals surface area (Å²) in [6.45, 7) is 9.65. The molecular weight excluding hydrogens is 406 g/mol. The number of halogens is 1. The summed E-state index contributed by atoms with van der Waals surface area (Å²) in [6, 6.07) is 4.37. The summed E-state index contributed by atoms with van der Waals surface area (Å²) in [7, 11) is 0. The monoisotopic (exact) mass is 433 g/mol. The summed E-state index contributed by atoms with van der Waals surface area (Å²) >= 11 is 3.54. The van der Waals surface area contributed by atoms with Crippen molar-refractivity contribution in [2.45, 2.75) is 46.6 Å². The van der Waals surface area contributed by atoms with Gasteiger partial charge in [-0.25, -0.2) is 0 Å². The molecule has 1 aromatic carbocycles. The first-order valence-electron chi connectivity index (χ1n) is 9.70. The van der Waals surface area contributed by atoms with Gasteiger partial charge in [-0.3, -0.25) is 9.59 Å². The van der Waals surface area contributed by atoms with E-state index in [1.54, 1.807) is 0 Å². The first-order chi connectivity index (χ1) is 12.8. The van der Waals surface area contributed by atoms with Crippen molar-refractivity contribution in [1.82, 2.24) is 10.6 Å². The van der Waals surface area contributed by atoms with Crippen LogP contribution in [0, 0.1) is 11.8 Å². The summed E-state index contributed by atoms with van der Waals surface area (Å²) in [5.74, 6) is -0.244. The Hall–Kier alpha value is -1.82. The van der Waals surface area contributed by atoms with Crippen molar-refractivity contribution in [3.63, 3.8) is 0 Å². The van der Waals surface area contributed by atoms with Crippen LogP contribution in [0.25, 0.3) is 0 Å². The van der Waals surface area contributed by atoms with Crippen LogP contribution in [0.5, 0.6) is 0 Å². The van der Waals surface area contributed by atoms with E-state index in [2.05, 4.69) is 57.5 Å². The lowest BCUT2D eigenvalue weighted by molar-refractivity contribution is -0.125. The van der Waals surface area contributed by atoms with Gasteiger partial charge < -0.3 is 15.5 Å². The lowest BCUT2D eigenvalue weighted by Gasteiger charge is -2.27. The van der Waals surface area contributed by atoms with Gasteiger partial charge in [-0.05, 0) is 50.3 Å². The van der Waals surface area contributed by atoms with Crippen LogP contribution >= 0.6 is 15.9 Å². The van der Waals surface area contributed by atoms with Gasteiger partial charge in [0.15, 0.2) is 0 Å². The van der Waals surface area contributed by atoms with Crippen LogP contribution in [0.3, 0.4) is 0 Å². The van der Waals surface area contributed by atoms with Crippen molar-refractivity contribution in [2.75, 3.05) is 18.0 Å². The fourth-order valence-electron chi connectivity index (χ4n) is 3.98. The van der Waals surface area contributed by atoms with E-state index in [1.165, 1.54) is 0 Å². The average Bonchev–Trinajstić information content (AvgIpc) is 3.03. The van der Waals surface area contributed by atoms with Gasteiger partial charge in [0.2, 0.25) is 5.91 Å². The van der Waals surface area contributed by atoms with Crippen LogP contribution in [-0.2, 0) is 11.2 Å². The number of nitrogens with zero attached hydrogens (tertiary/aromatic N) is 1. The van der Waals surface area contributed by atoms with Gasteiger partial charge in [0.1, 0.15) is 0 Å². The Labute approximate surface area is 169 Å². The third-order valence-corrected chi connectivity index (χ3v) is 6.01. The predicted octanol–water partition coefficient (Wildman–Crippen LogP) is 3.63. The van der Waals surface area contributed by atoms with Crippen molar-refractivity contribution < 1.29 is 9.59 Å². The van der Waals surface area contributed by atoms with E-state index >= 15 is 0 Å². The van der Waals surface area contributed by atoms with Crippen LogP contribution < -0.4 is 15.5 Å². The molecule has 2 unspecified atom stereocenters. The Morgan fingerprint density at radius 2 is 2.15 bits per heavy atom. The second-order valence-electron chi connectivity index (χ2n) is 7.70. The SMILES string of the molecule is CCC1=CC(C)C(CNC(=O)c2cc(Br)cc3c2CCN3C(C)C)C(=O)N1.